The average Bonchev–Trinajstić information content (AvgIpc) is 3.32. The maximum atomic E-state index is 11.8. The lowest BCUT2D eigenvalue weighted by atomic mass is 10.0. The van der Waals surface area contributed by atoms with Crippen molar-refractivity contribution in [1.82, 2.24) is 0 Å². The van der Waals surface area contributed by atoms with Crippen molar-refractivity contribution in [3.63, 3.8) is 0 Å². The number of aliphatic hydroxyl groups excluding tert-OH is 1. The fraction of sp³-hybridized carbons (Fsp3) is 0.235. The third-order valence-corrected chi connectivity index (χ3v) is 3.55. The van der Waals surface area contributed by atoms with Gasteiger partial charge in [-0.2, -0.15) is 0 Å². The highest BCUT2D eigenvalue weighted by Gasteiger charge is 2.29. The Labute approximate surface area is 118 Å². The van der Waals surface area contributed by atoms with E-state index in [2.05, 4.69) is 5.32 Å². The Morgan fingerprint density at radius 3 is 2.50 bits per heavy atom. The molecule has 20 heavy (non-hydrogen) atoms. The molecule has 0 unspecified atom stereocenters. The quantitative estimate of drug-likeness (QED) is 0.893. The first kappa shape index (κ1) is 12.9. The van der Waals surface area contributed by atoms with Gasteiger partial charge in [-0.1, -0.05) is 36.4 Å². The van der Waals surface area contributed by atoms with Crippen LogP contribution in [0.1, 0.15) is 18.4 Å². The van der Waals surface area contributed by atoms with Crippen LogP contribution in [-0.4, -0.2) is 11.0 Å². The topological polar surface area (TPSA) is 49.3 Å². The van der Waals surface area contributed by atoms with Crippen molar-refractivity contribution < 1.29 is 9.90 Å². The van der Waals surface area contributed by atoms with E-state index >= 15 is 0 Å². The second-order valence-corrected chi connectivity index (χ2v) is 5.20. The highest BCUT2D eigenvalue weighted by molar-refractivity contribution is 5.94. The number of hydrogen-bond donors (Lipinski definition) is 2. The van der Waals surface area contributed by atoms with E-state index < -0.39 is 0 Å². The van der Waals surface area contributed by atoms with Gasteiger partial charge in [0.25, 0.3) is 0 Å². The van der Waals surface area contributed by atoms with Crippen molar-refractivity contribution in [1.29, 1.82) is 0 Å². The third kappa shape index (κ3) is 2.89. The summed E-state index contributed by atoms with van der Waals surface area (Å²) in [6, 6.07) is 15.6. The molecule has 1 aliphatic carbocycles. The molecule has 0 bridgehead atoms. The van der Waals surface area contributed by atoms with Crippen molar-refractivity contribution >= 4 is 11.6 Å². The zero-order valence-electron chi connectivity index (χ0n) is 11.2. The molecule has 0 aromatic heterocycles. The minimum absolute atomic E-state index is 0.0533. The number of aliphatic hydroxyl groups is 1. The van der Waals surface area contributed by atoms with E-state index in [4.69, 9.17) is 5.11 Å². The molecule has 0 heterocycles. The van der Waals surface area contributed by atoms with Gasteiger partial charge in [0.15, 0.2) is 0 Å². The maximum absolute atomic E-state index is 11.8. The molecule has 3 nitrogen and oxygen atoms in total. The van der Waals surface area contributed by atoms with Gasteiger partial charge in [-0.25, -0.2) is 0 Å². The highest BCUT2D eigenvalue weighted by atomic mass is 16.3. The predicted octanol–water partition coefficient (Wildman–Crippen LogP) is 3.19. The summed E-state index contributed by atoms with van der Waals surface area (Å²) in [5.74, 6) is 0.334. The lowest BCUT2D eigenvalue weighted by molar-refractivity contribution is -0.117. The first-order valence-corrected chi connectivity index (χ1v) is 6.87. The zero-order valence-corrected chi connectivity index (χ0v) is 11.2. The smallest absolute Gasteiger partial charge is 0.227 e. The molecule has 2 aromatic rings. The minimum Gasteiger partial charge on any atom is -0.392 e. The molecule has 0 radical (unpaired) electrons. The standard InChI is InChI=1S/C17H17NO2/c19-11-12-4-6-13(7-5-12)15-2-1-3-16(10-15)18-17(20)14-8-9-14/h1-7,10,14,19H,8-9,11H2,(H,18,20). The van der Waals surface area contributed by atoms with E-state index in [9.17, 15) is 4.79 Å². The van der Waals surface area contributed by atoms with Gasteiger partial charge in [-0.3, -0.25) is 4.79 Å². The van der Waals surface area contributed by atoms with Crippen LogP contribution in [-0.2, 0) is 11.4 Å². The molecular weight excluding hydrogens is 250 g/mol. The Bertz CT molecular complexity index is 615. The molecule has 3 rings (SSSR count). The van der Waals surface area contributed by atoms with E-state index in [1.807, 2.05) is 48.5 Å². The van der Waals surface area contributed by atoms with Crippen LogP contribution < -0.4 is 5.32 Å². The van der Waals surface area contributed by atoms with Gasteiger partial charge in [0.2, 0.25) is 5.91 Å². The number of benzene rings is 2. The third-order valence-electron chi connectivity index (χ3n) is 3.55. The Balaban J connectivity index is 1.80. The SMILES string of the molecule is O=C(Nc1cccc(-c2ccc(CO)cc2)c1)C1CC1. The lowest BCUT2D eigenvalue weighted by Crippen LogP contribution is -2.13. The summed E-state index contributed by atoms with van der Waals surface area (Å²) in [5.41, 5.74) is 3.87. The van der Waals surface area contributed by atoms with Crippen LogP contribution in [0.3, 0.4) is 0 Å². The Hall–Kier alpha value is -2.13. The van der Waals surface area contributed by atoms with Gasteiger partial charge >= 0.3 is 0 Å². The van der Waals surface area contributed by atoms with Gasteiger partial charge in [-0.05, 0) is 41.7 Å². The van der Waals surface area contributed by atoms with E-state index in [1.165, 1.54) is 0 Å². The summed E-state index contributed by atoms with van der Waals surface area (Å²) in [5, 5.41) is 12.0. The Morgan fingerprint density at radius 1 is 1.10 bits per heavy atom. The summed E-state index contributed by atoms with van der Waals surface area (Å²) < 4.78 is 0. The number of carbonyl (C=O) groups excluding carboxylic acids is 1. The summed E-state index contributed by atoms with van der Waals surface area (Å²) in [4.78, 5) is 11.8. The molecule has 2 N–H and O–H groups in total. The van der Waals surface area contributed by atoms with Crippen LogP contribution >= 0.6 is 0 Å². The number of hydrogen-bond acceptors (Lipinski definition) is 2. The normalized spacial score (nSPS) is 14.1. The van der Waals surface area contributed by atoms with Crippen molar-refractivity contribution in [2.45, 2.75) is 19.4 Å². The fourth-order valence-electron chi connectivity index (χ4n) is 2.17. The molecule has 1 saturated carbocycles. The van der Waals surface area contributed by atoms with E-state index in [1.54, 1.807) is 0 Å². The fourth-order valence-corrected chi connectivity index (χ4v) is 2.17. The second-order valence-electron chi connectivity index (χ2n) is 5.20. The van der Waals surface area contributed by atoms with Gasteiger partial charge in [0.05, 0.1) is 6.61 Å². The van der Waals surface area contributed by atoms with Crippen LogP contribution in [0.25, 0.3) is 11.1 Å². The van der Waals surface area contributed by atoms with Crippen LogP contribution in [0.5, 0.6) is 0 Å². The largest absolute Gasteiger partial charge is 0.392 e. The summed E-state index contributed by atoms with van der Waals surface area (Å²) >= 11 is 0. The molecule has 3 heteroatoms. The molecule has 0 spiro atoms. The predicted molar refractivity (Wildman–Crippen MR) is 79.2 cm³/mol. The molecule has 0 saturated heterocycles. The highest BCUT2D eigenvalue weighted by Crippen LogP contribution is 2.31. The summed E-state index contributed by atoms with van der Waals surface area (Å²) in [6.45, 7) is 0.0533. The number of anilines is 1. The first-order valence-electron chi connectivity index (χ1n) is 6.87. The van der Waals surface area contributed by atoms with E-state index in [-0.39, 0.29) is 18.4 Å². The molecule has 0 aliphatic heterocycles. The second kappa shape index (κ2) is 5.47. The first-order chi connectivity index (χ1) is 9.76. The Morgan fingerprint density at radius 2 is 1.85 bits per heavy atom. The zero-order chi connectivity index (χ0) is 13.9. The van der Waals surface area contributed by atoms with Crippen molar-refractivity contribution in [3.8, 4) is 11.1 Å². The van der Waals surface area contributed by atoms with Crippen LogP contribution in [0.4, 0.5) is 5.69 Å². The molecule has 1 amide bonds. The Kier molecular flexibility index (Phi) is 3.52. The molecular formula is C17H17NO2. The number of amides is 1. The van der Waals surface area contributed by atoms with Gasteiger partial charge in [0.1, 0.15) is 0 Å². The number of rotatable bonds is 4. The van der Waals surface area contributed by atoms with Gasteiger partial charge in [-0.15, -0.1) is 0 Å². The average molecular weight is 267 g/mol. The van der Waals surface area contributed by atoms with Crippen molar-refractivity contribution in [2.75, 3.05) is 5.32 Å². The van der Waals surface area contributed by atoms with Gasteiger partial charge in [0, 0.05) is 11.6 Å². The molecule has 1 fully saturated rings. The van der Waals surface area contributed by atoms with Crippen molar-refractivity contribution in [3.05, 3.63) is 54.1 Å². The molecule has 1 aliphatic rings. The van der Waals surface area contributed by atoms with Crippen molar-refractivity contribution in [2.24, 2.45) is 5.92 Å². The van der Waals surface area contributed by atoms with Crippen LogP contribution in [0.2, 0.25) is 0 Å². The minimum atomic E-state index is 0.0533. The van der Waals surface area contributed by atoms with E-state index in [0.29, 0.717) is 0 Å². The van der Waals surface area contributed by atoms with Crippen LogP contribution in [0, 0.1) is 5.92 Å². The monoisotopic (exact) mass is 267 g/mol. The molecule has 0 atom stereocenters. The summed E-state index contributed by atoms with van der Waals surface area (Å²) in [7, 11) is 0. The van der Waals surface area contributed by atoms with Gasteiger partial charge < -0.3 is 10.4 Å². The lowest BCUT2D eigenvalue weighted by Gasteiger charge is -2.08. The molecule has 102 valence electrons. The van der Waals surface area contributed by atoms with E-state index in [0.717, 1.165) is 35.2 Å². The maximum Gasteiger partial charge on any atom is 0.227 e. The molecule has 2 aromatic carbocycles. The van der Waals surface area contributed by atoms with Crippen LogP contribution in [0.15, 0.2) is 48.5 Å². The summed E-state index contributed by atoms with van der Waals surface area (Å²) in [6.07, 6.45) is 2.02. The number of carbonyl (C=O) groups is 1. The number of nitrogens with one attached hydrogen (secondary N) is 1.